The summed E-state index contributed by atoms with van der Waals surface area (Å²) in [6, 6.07) is 6.98. The molecule has 0 aliphatic heterocycles. The Morgan fingerprint density at radius 2 is 2.12 bits per heavy atom. The molecule has 0 saturated heterocycles. The molecule has 1 fully saturated rings. The van der Waals surface area contributed by atoms with Gasteiger partial charge in [-0.1, -0.05) is 17.3 Å². The average molecular weight is 232 g/mol. The number of benzene rings is 1. The van der Waals surface area contributed by atoms with Crippen LogP contribution in [0.2, 0.25) is 0 Å². The second-order valence-corrected chi connectivity index (χ2v) is 4.24. The molecule has 1 aromatic heterocycles. The van der Waals surface area contributed by atoms with Crippen LogP contribution in [0.1, 0.15) is 24.6 Å². The summed E-state index contributed by atoms with van der Waals surface area (Å²) in [5.41, 5.74) is 7.58. The van der Waals surface area contributed by atoms with Crippen molar-refractivity contribution in [2.45, 2.75) is 25.4 Å². The van der Waals surface area contributed by atoms with Crippen LogP contribution in [0.4, 0.5) is 4.39 Å². The lowest BCUT2D eigenvalue weighted by molar-refractivity contribution is 0.583. The monoisotopic (exact) mass is 232 g/mol. The fourth-order valence-corrected chi connectivity index (χ4v) is 1.98. The number of nitrogens with zero attached hydrogens (tertiary/aromatic N) is 3. The largest absolute Gasteiger partial charge is 0.325 e. The lowest BCUT2D eigenvalue weighted by Crippen LogP contribution is -2.08. The summed E-state index contributed by atoms with van der Waals surface area (Å²) >= 11 is 0. The molecule has 0 radical (unpaired) electrons. The predicted octanol–water partition coefficient (Wildman–Crippen LogP) is 1.88. The van der Waals surface area contributed by atoms with Gasteiger partial charge in [0.2, 0.25) is 0 Å². The van der Waals surface area contributed by atoms with Gasteiger partial charge in [-0.05, 0) is 25.0 Å². The lowest BCUT2D eigenvalue weighted by atomic mass is 10.1. The third-order valence-corrected chi connectivity index (χ3v) is 3.01. The van der Waals surface area contributed by atoms with Crippen molar-refractivity contribution >= 4 is 0 Å². The van der Waals surface area contributed by atoms with Gasteiger partial charge in [0.05, 0.1) is 11.7 Å². The maximum atomic E-state index is 13.7. The summed E-state index contributed by atoms with van der Waals surface area (Å²) in [4.78, 5) is 0. The summed E-state index contributed by atoms with van der Waals surface area (Å²) in [7, 11) is 0. The van der Waals surface area contributed by atoms with Gasteiger partial charge < -0.3 is 5.73 Å². The highest BCUT2D eigenvalue weighted by Gasteiger charge is 2.29. The summed E-state index contributed by atoms with van der Waals surface area (Å²) in [6.07, 6.45) is 2.21. The second-order valence-electron chi connectivity index (χ2n) is 4.24. The molecular formula is C12H13FN4. The Morgan fingerprint density at radius 1 is 1.35 bits per heavy atom. The molecule has 1 saturated carbocycles. The number of halogens is 1. The van der Waals surface area contributed by atoms with Gasteiger partial charge in [0.15, 0.2) is 0 Å². The van der Waals surface area contributed by atoms with E-state index in [1.807, 2.05) is 4.68 Å². The minimum atomic E-state index is -0.287. The molecule has 88 valence electrons. The highest BCUT2D eigenvalue weighted by atomic mass is 19.1. The van der Waals surface area contributed by atoms with Gasteiger partial charge in [0, 0.05) is 12.1 Å². The molecule has 1 heterocycles. The molecule has 0 unspecified atom stereocenters. The molecule has 0 atom stereocenters. The van der Waals surface area contributed by atoms with Crippen LogP contribution in [0, 0.1) is 5.82 Å². The Balaban J connectivity index is 2.11. The Hall–Kier alpha value is -1.75. The van der Waals surface area contributed by atoms with E-state index in [1.54, 1.807) is 18.2 Å². The molecule has 0 bridgehead atoms. The summed E-state index contributed by atoms with van der Waals surface area (Å²) in [5, 5.41) is 8.16. The van der Waals surface area contributed by atoms with Crippen LogP contribution in [0.5, 0.6) is 0 Å². The van der Waals surface area contributed by atoms with E-state index < -0.39 is 0 Å². The van der Waals surface area contributed by atoms with Crippen LogP contribution in [-0.4, -0.2) is 15.0 Å². The smallest absolute Gasteiger partial charge is 0.132 e. The zero-order chi connectivity index (χ0) is 11.8. The maximum Gasteiger partial charge on any atom is 0.132 e. The van der Waals surface area contributed by atoms with Crippen molar-refractivity contribution in [3.05, 3.63) is 35.8 Å². The van der Waals surface area contributed by atoms with Crippen LogP contribution in [0.3, 0.4) is 0 Å². The quantitative estimate of drug-likeness (QED) is 0.879. The predicted molar refractivity (Wildman–Crippen MR) is 61.6 cm³/mol. The van der Waals surface area contributed by atoms with E-state index in [0.717, 1.165) is 18.5 Å². The van der Waals surface area contributed by atoms with Crippen LogP contribution in [0.15, 0.2) is 24.3 Å². The number of aromatic nitrogens is 3. The van der Waals surface area contributed by atoms with Gasteiger partial charge >= 0.3 is 0 Å². The third kappa shape index (κ3) is 1.72. The number of hydrogen-bond acceptors (Lipinski definition) is 3. The van der Waals surface area contributed by atoms with Crippen molar-refractivity contribution in [2.75, 3.05) is 0 Å². The fraction of sp³-hybridized carbons (Fsp3) is 0.333. The molecule has 3 rings (SSSR count). The van der Waals surface area contributed by atoms with E-state index >= 15 is 0 Å². The molecule has 1 aromatic carbocycles. The first-order chi connectivity index (χ1) is 8.31. The number of nitrogens with two attached hydrogens (primary N) is 1. The fourth-order valence-electron chi connectivity index (χ4n) is 1.98. The topological polar surface area (TPSA) is 56.7 Å². The van der Waals surface area contributed by atoms with Crippen LogP contribution >= 0.6 is 0 Å². The summed E-state index contributed by atoms with van der Waals surface area (Å²) in [6.45, 7) is 0.327. The second kappa shape index (κ2) is 3.92. The van der Waals surface area contributed by atoms with Crippen molar-refractivity contribution in [1.82, 2.24) is 15.0 Å². The molecule has 5 heteroatoms. The highest BCUT2D eigenvalue weighted by Crippen LogP contribution is 2.37. The molecule has 2 aromatic rings. The molecule has 0 spiro atoms. The van der Waals surface area contributed by atoms with Gasteiger partial charge in [-0.15, -0.1) is 5.10 Å². The molecule has 4 nitrogen and oxygen atoms in total. The standard InChI is InChI=1S/C12H13FN4/c13-10-4-2-1-3-9(10)12-11(7-14)17(16-15-12)8-5-6-8/h1-4,8H,5-7,14H2. The lowest BCUT2D eigenvalue weighted by Gasteiger charge is -2.04. The molecule has 0 amide bonds. The van der Waals surface area contributed by atoms with Crippen LogP contribution in [0.25, 0.3) is 11.3 Å². The van der Waals surface area contributed by atoms with Gasteiger partial charge in [0.25, 0.3) is 0 Å². The van der Waals surface area contributed by atoms with E-state index in [9.17, 15) is 4.39 Å². The minimum Gasteiger partial charge on any atom is -0.325 e. The normalized spacial score (nSPS) is 15.2. The van der Waals surface area contributed by atoms with Gasteiger partial charge in [-0.25, -0.2) is 9.07 Å². The van der Waals surface area contributed by atoms with Crippen molar-refractivity contribution in [3.63, 3.8) is 0 Å². The number of hydrogen-bond donors (Lipinski definition) is 1. The highest BCUT2D eigenvalue weighted by molar-refractivity contribution is 5.62. The van der Waals surface area contributed by atoms with E-state index in [2.05, 4.69) is 10.3 Å². The molecule has 1 aliphatic rings. The Kier molecular flexibility index (Phi) is 2.40. The number of rotatable bonds is 3. The first kappa shape index (κ1) is 10.4. The first-order valence-electron chi connectivity index (χ1n) is 5.70. The average Bonchev–Trinajstić information content (AvgIpc) is 3.10. The molecule has 2 N–H and O–H groups in total. The summed E-state index contributed by atoms with van der Waals surface area (Å²) in [5.74, 6) is -0.287. The first-order valence-corrected chi connectivity index (χ1v) is 5.70. The van der Waals surface area contributed by atoms with E-state index in [1.165, 1.54) is 6.07 Å². The van der Waals surface area contributed by atoms with Gasteiger partial charge in [-0.2, -0.15) is 0 Å². The minimum absolute atomic E-state index is 0.287. The molecular weight excluding hydrogens is 219 g/mol. The van der Waals surface area contributed by atoms with Crippen molar-refractivity contribution < 1.29 is 4.39 Å². The van der Waals surface area contributed by atoms with E-state index in [-0.39, 0.29) is 5.82 Å². The van der Waals surface area contributed by atoms with E-state index in [4.69, 9.17) is 5.73 Å². The van der Waals surface area contributed by atoms with Crippen LogP contribution < -0.4 is 5.73 Å². The van der Waals surface area contributed by atoms with Crippen molar-refractivity contribution in [1.29, 1.82) is 0 Å². The zero-order valence-electron chi connectivity index (χ0n) is 9.31. The third-order valence-electron chi connectivity index (χ3n) is 3.01. The Labute approximate surface area is 98.2 Å². The van der Waals surface area contributed by atoms with Gasteiger partial charge in [0.1, 0.15) is 11.5 Å². The van der Waals surface area contributed by atoms with Crippen LogP contribution in [-0.2, 0) is 6.54 Å². The van der Waals surface area contributed by atoms with Crippen molar-refractivity contribution in [3.8, 4) is 11.3 Å². The molecule has 17 heavy (non-hydrogen) atoms. The summed E-state index contributed by atoms with van der Waals surface area (Å²) < 4.78 is 15.5. The van der Waals surface area contributed by atoms with Gasteiger partial charge in [-0.3, -0.25) is 0 Å². The maximum absolute atomic E-state index is 13.7. The molecule has 1 aliphatic carbocycles. The van der Waals surface area contributed by atoms with Crippen molar-refractivity contribution in [2.24, 2.45) is 5.73 Å². The zero-order valence-corrected chi connectivity index (χ0v) is 9.31. The Morgan fingerprint density at radius 3 is 2.76 bits per heavy atom. The van der Waals surface area contributed by atoms with E-state index in [0.29, 0.717) is 23.8 Å². The SMILES string of the molecule is NCc1c(-c2ccccc2F)nnn1C1CC1. The Bertz CT molecular complexity index is 545.